The van der Waals surface area contributed by atoms with E-state index in [1.165, 1.54) is 25.7 Å². The smallest absolute Gasteiger partial charge is 0.335 e. The topological polar surface area (TPSA) is 62.2 Å². The Morgan fingerprint density at radius 2 is 2.00 bits per heavy atom. The van der Waals surface area contributed by atoms with Gasteiger partial charge in [0.2, 0.25) is 0 Å². The van der Waals surface area contributed by atoms with Crippen molar-refractivity contribution in [3.05, 3.63) is 23.4 Å². The van der Waals surface area contributed by atoms with Crippen molar-refractivity contribution in [1.29, 1.82) is 0 Å². The fraction of sp³-hybridized carbons (Fsp3) is 0.647. The Hall–Kier alpha value is -1.58. The number of rotatable bonds is 10. The highest BCUT2D eigenvalue weighted by Gasteiger charge is 2.10. The number of unbranched alkanes of at least 4 members (excludes halogenated alkanes) is 3. The number of hydrogen-bond acceptors (Lipinski definition) is 3. The second-order valence-electron chi connectivity index (χ2n) is 5.68. The highest BCUT2D eigenvalue weighted by Crippen LogP contribution is 2.15. The van der Waals surface area contributed by atoms with Crippen molar-refractivity contribution in [2.75, 3.05) is 5.32 Å². The number of carboxylic acids is 1. The third-order valence-corrected chi connectivity index (χ3v) is 3.52. The van der Waals surface area contributed by atoms with Crippen molar-refractivity contribution in [3.63, 3.8) is 0 Å². The van der Waals surface area contributed by atoms with E-state index in [-0.39, 0.29) is 0 Å². The Balaban J connectivity index is 2.65. The fourth-order valence-corrected chi connectivity index (χ4v) is 2.37. The molecular formula is C17H28N2O2. The van der Waals surface area contributed by atoms with Crippen molar-refractivity contribution in [1.82, 2.24) is 4.98 Å². The Morgan fingerprint density at radius 1 is 1.24 bits per heavy atom. The van der Waals surface area contributed by atoms with E-state index in [0.717, 1.165) is 25.0 Å². The molecule has 1 rings (SSSR count). The molecule has 4 heteroatoms. The van der Waals surface area contributed by atoms with Crippen molar-refractivity contribution >= 4 is 11.8 Å². The van der Waals surface area contributed by atoms with Crippen LogP contribution in [0.25, 0.3) is 0 Å². The molecule has 2 N–H and O–H groups in total. The molecule has 0 fully saturated rings. The lowest BCUT2D eigenvalue weighted by Gasteiger charge is -2.15. The lowest BCUT2D eigenvalue weighted by Crippen LogP contribution is -2.17. The molecule has 0 saturated heterocycles. The largest absolute Gasteiger partial charge is 0.478 e. The van der Waals surface area contributed by atoms with Gasteiger partial charge in [-0.25, -0.2) is 9.78 Å². The summed E-state index contributed by atoms with van der Waals surface area (Å²) < 4.78 is 0. The molecule has 1 heterocycles. The van der Waals surface area contributed by atoms with Gasteiger partial charge in [0.05, 0.1) is 5.56 Å². The molecule has 0 saturated carbocycles. The summed E-state index contributed by atoms with van der Waals surface area (Å²) in [5.74, 6) is -0.213. The van der Waals surface area contributed by atoms with Crippen LogP contribution in [0, 0.1) is 0 Å². The molecule has 0 aliphatic heterocycles. The minimum atomic E-state index is -0.895. The number of carboxylic acid groups (broad SMARTS) is 1. The number of hydrogen-bond donors (Lipinski definition) is 2. The first-order valence-electron chi connectivity index (χ1n) is 8.07. The average molecular weight is 292 g/mol. The van der Waals surface area contributed by atoms with Gasteiger partial charge >= 0.3 is 5.97 Å². The SMILES string of the molecule is CCCCCCC(C)Nc1cc(C(=O)O)cc(CCC)n1. The molecular weight excluding hydrogens is 264 g/mol. The standard InChI is InChI=1S/C17H28N2O2/c1-4-6-7-8-10-13(3)18-16-12-14(17(20)21)11-15(19-16)9-5-2/h11-13H,4-10H2,1-3H3,(H,18,19)(H,20,21). The fourth-order valence-electron chi connectivity index (χ4n) is 2.37. The predicted molar refractivity (Wildman–Crippen MR) is 87.0 cm³/mol. The van der Waals surface area contributed by atoms with Crippen LogP contribution in [0.2, 0.25) is 0 Å². The average Bonchev–Trinajstić information content (AvgIpc) is 2.43. The number of pyridine rings is 1. The molecule has 1 atom stereocenters. The Bertz CT molecular complexity index is 446. The van der Waals surface area contributed by atoms with Gasteiger partial charge in [-0.3, -0.25) is 0 Å². The number of aromatic carboxylic acids is 1. The minimum Gasteiger partial charge on any atom is -0.478 e. The summed E-state index contributed by atoms with van der Waals surface area (Å²) in [5.41, 5.74) is 1.16. The maximum Gasteiger partial charge on any atom is 0.335 e. The van der Waals surface area contributed by atoms with Gasteiger partial charge in [0, 0.05) is 11.7 Å². The van der Waals surface area contributed by atoms with Crippen LogP contribution < -0.4 is 5.32 Å². The molecule has 21 heavy (non-hydrogen) atoms. The summed E-state index contributed by atoms with van der Waals surface area (Å²) in [4.78, 5) is 15.7. The molecule has 0 aliphatic carbocycles. The van der Waals surface area contributed by atoms with Crippen molar-refractivity contribution in [2.45, 2.75) is 71.8 Å². The molecule has 0 bridgehead atoms. The number of anilines is 1. The molecule has 0 aromatic carbocycles. The van der Waals surface area contributed by atoms with E-state index in [4.69, 9.17) is 0 Å². The number of carbonyl (C=O) groups is 1. The number of aromatic nitrogens is 1. The first-order chi connectivity index (χ1) is 10.1. The zero-order valence-corrected chi connectivity index (χ0v) is 13.5. The minimum absolute atomic E-state index is 0.313. The molecule has 1 aromatic heterocycles. The molecule has 118 valence electrons. The van der Waals surface area contributed by atoms with Crippen LogP contribution in [-0.2, 0) is 6.42 Å². The zero-order valence-electron chi connectivity index (χ0n) is 13.5. The molecule has 0 amide bonds. The first-order valence-corrected chi connectivity index (χ1v) is 8.07. The predicted octanol–water partition coefficient (Wildman–Crippen LogP) is 4.50. The molecule has 0 spiro atoms. The van der Waals surface area contributed by atoms with Crippen LogP contribution in [0.4, 0.5) is 5.82 Å². The molecule has 0 aliphatic rings. The first kappa shape index (κ1) is 17.5. The van der Waals surface area contributed by atoms with Gasteiger partial charge in [0.15, 0.2) is 0 Å². The number of nitrogens with one attached hydrogen (secondary N) is 1. The summed E-state index contributed by atoms with van der Waals surface area (Å²) in [6.07, 6.45) is 7.82. The van der Waals surface area contributed by atoms with Crippen LogP contribution in [-0.4, -0.2) is 22.1 Å². The number of aryl methyl sites for hydroxylation is 1. The van der Waals surface area contributed by atoms with Crippen molar-refractivity contribution in [3.8, 4) is 0 Å². The van der Waals surface area contributed by atoms with Crippen LogP contribution in [0.15, 0.2) is 12.1 Å². The lowest BCUT2D eigenvalue weighted by atomic mass is 10.1. The van der Waals surface area contributed by atoms with Gasteiger partial charge in [-0.05, 0) is 31.9 Å². The van der Waals surface area contributed by atoms with Crippen LogP contribution in [0.5, 0.6) is 0 Å². The van der Waals surface area contributed by atoms with E-state index >= 15 is 0 Å². The second kappa shape index (κ2) is 9.37. The van der Waals surface area contributed by atoms with E-state index < -0.39 is 5.97 Å². The van der Waals surface area contributed by atoms with E-state index in [0.29, 0.717) is 17.4 Å². The van der Waals surface area contributed by atoms with E-state index in [1.807, 2.05) is 0 Å². The van der Waals surface area contributed by atoms with Crippen LogP contribution in [0.1, 0.15) is 75.3 Å². The third-order valence-electron chi connectivity index (χ3n) is 3.52. The maximum atomic E-state index is 11.2. The van der Waals surface area contributed by atoms with Gasteiger partial charge in [-0.15, -0.1) is 0 Å². The molecule has 1 unspecified atom stereocenters. The molecule has 0 radical (unpaired) electrons. The van der Waals surface area contributed by atoms with Crippen molar-refractivity contribution < 1.29 is 9.90 Å². The lowest BCUT2D eigenvalue weighted by molar-refractivity contribution is 0.0696. The quantitative estimate of drug-likeness (QED) is 0.623. The zero-order chi connectivity index (χ0) is 15.7. The van der Waals surface area contributed by atoms with E-state index in [9.17, 15) is 9.90 Å². The summed E-state index contributed by atoms with van der Waals surface area (Å²) >= 11 is 0. The highest BCUT2D eigenvalue weighted by atomic mass is 16.4. The van der Waals surface area contributed by atoms with Gasteiger partial charge in [0.1, 0.15) is 5.82 Å². The van der Waals surface area contributed by atoms with Gasteiger partial charge in [0.25, 0.3) is 0 Å². The van der Waals surface area contributed by atoms with Gasteiger partial charge in [-0.2, -0.15) is 0 Å². The van der Waals surface area contributed by atoms with Crippen molar-refractivity contribution in [2.24, 2.45) is 0 Å². The summed E-state index contributed by atoms with van der Waals surface area (Å²) in [6, 6.07) is 3.61. The summed E-state index contributed by atoms with van der Waals surface area (Å²) in [5, 5.41) is 12.5. The molecule has 1 aromatic rings. The normalized spacial score (nSPS) is 12.1. The Kier molecular flexibility index (Phi) is 7.80. The third kappa shape index (κ3) is 6.61. The van der Waals surface area contributed by atoms with Gasteiger partial charge < -0.3 is 10.4 Å². The maximum absolute atomic E-state index is 11.2. The second-order valence-corrected chi connectivity index (χ2v) is 5.68. The highest BCUT2D eigenvalue weighted by molar-refractivity contribution is 5.88. The van der Waals surface area contributed by atoms with E-state index in [2.05, 4.69) is 31.1 Å². The Morgan fingerprint density at radius 3 is 2.62 bits per heavy atom. The number of nitrogens with zero attached hydrogens (tertiary/aromatic N) is 1. The van der Waals surface area contributed by atoms with Gasteiger partial charge in [-0.1, -0.05) is 46.0 Å². The van der Waals surface area contributed by atoms with Crippen LogP contribution in [0.3, 0.4) is 0 Å². The Labute approximate surface area is 128 Å². The monoisotopic (exact) mass is 292 g/mol. The molecule has 4 nitrogen and oxygen atoms in total. The summed E-state index contributed by atoms with van der Waals surface area (Å²) in [6.45, 7) is 6.40. The van der Waals surface area contributed by atoms with E-state index in [1.54, 1.807) is 12.1 Å². The van der Waals surface area contributed by atoms with Crippen LogP contribution >= 0.6 is 0 Å². The summed E-state index contributed by atoms with van der Waals surface area (Å²) in [7, 11) is 0.